The van der Waals surface area contributed by atoms with Gasteiger partial charge in [-0.2, -0.15) is 13.2 Å². The molecule has 0 aliphatic heterocycles. The summed E-state index contributed by atoms with van der Waals surface area (Å²) < 4.78 is 38.7. The number of halogens is 3. The normalized spacial score (nSPS) is 11.4. The highest BCUT2D eigenvalue weighted by atomic mass is 19.4. The Morgan fingerprint density at radius 2 is 1.96 bits per heavy atom. The number of rotatable bonds is 5. The van der Waals surface area contributed by atoms with Crippen LogP contribution < -0.4 is 10.9 Å². The number of aromatic amines is 1. The topological polar surface area (TPSA) is 100 Å². The van der Waals surface area contributed by atoms with Crippen molar-refractivity contribution in [1.82, 2.24) is 20.1 Å². The van der Waals surface area contributed by atoms with E-state index in [2.05, 4.69) is 15.4 Å². The van der Waals surface area contributed by atoms with Crippen LogP contribution in [0.25, 0.3) is 5.82 Å². The summed E-state index contributed by atoms with van der Waals surface area (Å²) >= 11 is 0. The lowest BCUT2D eigenvalue weighted by Gasteiger charge is -2.07. The highest BCUT2D eigenvalue weighted by Crippen LogP contribution is 2.28. The minimum absolute atomic E-state index is 0.0658. The first-order valence-corrected chi connectivity index (χ1v) is 8.16. The van der Waals surface area contributed by atoms with Gasteiger partial charge in [-0.25, -0.2) is 9.67 Å². The van der Waals surface area contributed by atoms with Crippen LogP contribution in [-0.4, -0.2) is 32.3 Å². The van der Waals surface area contributed by atoms with Crippen molar-refractivity contribution >= 4 is 5.91 Å². The van der Waals surface area contributed by atoms with Gasteiger partial charge in [-0.3, -0.25) is 14.7 Å². The number of hydrogen-bond acceptors (Lipinski definition) is 4. The Balaban J connectivity index is 1.68. The number of para-hydroxylation sites is 1. The molecule has 28 heavy (non-hydrogen) atoms. The number of carbonyl (C=O) groups is 1. The molecule has 0 aliphatic carbocycles. The molecule has 0 saturated heterocycles. The number of phenols is 1. The van der Waals surface area contributed by atoms with Crippen LogP contribution in [0.3, 0.4) is 0 Å². The summed E-state index contributed by atoms with van der Waals surface area (Å²) in [6, 6.07) is 9.53. The molecule has 0 fully saturated rings. The number of alkyl halides is 3. The molecule has 3 rings (SSSR count). The summed E-state index contributed by atoms with van der Waals surface area (Å²) in [5, 5.41) is 14.8. The van der Waals surface area contributed by atoms with Crippen LogP contribution in [0, 0.1) is 0 Å². The van der Waals surface area contributed by atoms with Crippen molar-refractivity contribution in [3.8, 4) is 11.6 Å². The van der Waals surface area contributed by atoms with Crippen LogP contribution in [0.2, 0.25) is 0 Å². The minimum atomic E-state index is -4.54. The lowest BCUT2D eigenvalue weighted by Crippen LogP contribution is -2.26. The van der Waals surface area contributed by atoms with Gasteiger partial charge >= 0.3 is 6.18 Å². The second-order valence-electron chi connectivity index (χ2n) is 5.88. The Bertz CT molecular complexity index is 1040. The zero-order valence-corrected chi connectivity index (χ0v) is 14.3. The van der Waals surface area contributed by atoms with Gasteiger partial charge in [0.1, 0.15) is 11.4 Å². The summed E-state index contributed by atoms with van der Waals surface area (Å²) in [5.74, 6) is -0.533. The predicted octanol–water partition coefficient (Wildman–Crippen LogP) is 2.26. The average molecular weight is 392 g/mol. The zero-order valence-electron chi connectivity index (χ0n) is 14.3. The second kappa shape index (κ2) is 7.59. The van der Waals surface area contributed by atoms with Gasteiger partial charge in [-0.15, -0.1) is 0 Å². The fourth-order valence-electron chi connectivity index (χ4n) is 2.50. The summed E-state index contributed by atoms with van der Waals surface area (Å²) in [6.07, 6.45) is -3.55. The molecule has 1 aromatic carbocycles. The maximum atomic E-state index is 12.6. The molecule has 0 radical (unpaired) electrons. The number of aromatic hydroxyl groups is 1. The van der Waals surface area contributed by atoms with E-state index in [1.807, 2.05) is 0 Å². The van der Waals surface area contributed by atoms with Gasteiger partial charge in [0, 0.05) is 18.8 Å². The van der Waals surface area contributed by atoms with Crippen molar-refractivity contribution in [1.29, 1.82) is 0 Å². The van der Waals surface area contributed by atoms with Gasteiger partial charge in [0.05, 0.1) is 5.56 Å². The molecule has 0 unspecified atom stereocenters. The van der Waals surface area contributed by atoms with Crippen LogP contribution in [0.1, 0.15) is 21.6 Å². The molecule has 3 aromatic rings. The summed E-state index contributed by atoms with van der Waals surface area (Å²) in [5.41, 5.74) is -0.997. The van der Waals surface area contributed by atoms with E-state index in [1.54, 1.807) is 18.2 Å². The van der Waals surface area contributed by atoms with Crippen LogP contribution in [0.4, 0.5) is 13.2 Å². The molecular weight excluding hydrogens is 377 g/mol. The number of H-pyrrole nitrogens is 1. The van der Waals surface area contributed by atoms with Crippen LogP contribution in [0.5, 0.6) is 5.75 Å². The first-order valence-electron chi connectivity index (χ1n) is 8.16. The third-order valence-corrected chi connectivity index (χ3v) is 3.94. The Kier molecular flexibility index (Phi) is 5.21. The van der Waals surface area contributed by atoms with Gasteiger partial charge in [0.2, 0.25) is 0 Å². The van der Waals surface area contributed by atoms with Gasteiger partial charge < -0.3 is 10.4 Å². The van der Waals surface area contributed by atoms with Crippen molar-refractivity contribution in [2.75, 3.05) is 6.54 Å². The Labute approximate surface area is 156 Å². The van der Waals surface area contributed by atoms with Crippen LogP contribution in [-0.2, 0) is 12.6 Å². The average Bonchev–Trinajstić information content (AvgIpc) is 3.04. The van der Waals surface area contributed by atoms with Crippen molar-refractivity contribution in [2.24, 2.45) is 0 Å². The molecule has 0 bridgehead atoms. The second-order valence-corrected chi connectivity index (χ2v) is 5.88. The maximum Gasteiger partial charge on any atom is 0.417 e. The van der Waals surface area contributed by atoms with Crippen LogP contribution in [0.15, 0.2) is 53.5 Å². The largest absolute Gasteiger partial charge is 0.508 e. The molecular formula is C18H15F3N4O3. The SMILES string of the molecule is O=C(NCCc1ccccc1O)c1cc(=O)n(-c2ccc(C(F)(F)F)cn2)[nH]1. The Morgan fingerprint density at radius 1 is 1.21 bits per heavy atom. The number of carbonyl (C=O) groups excluding carboxylic acids is 1. The van der Waals surface area contributed by atoms with E-state index in [0.29, 0.717) is 18.2 Å². The van der Waals surface area contributed by atoms with Gasteiger partial charge in [0.15, 0.2) is 5.82 Å². The first-order chi connectivity index (χ1) is 13.3. The van der Waals surface area contributed by atoms with Gasteiger partial charge in [-0.05, 0) is 30.2 Å². The van der Waals surface area contributed by atoms with Gasteiger partial charge in [-0.1, -0.05) is 18.2 Å². The van der Waals surface area contributed by atoms with Crippen molar-refractivity contribution in [3.05, 3.63) is 75.8 Å². The number of benzene rings is 1. The number of hydrogen-bond donors (Lipinski definition) is 3. The van der Waals surface area contributed by atoms with E-state index < -0.39 is 23.2 Å². The summed E-state index contributed by atoms with van der Waals surface area (Å²) in [7, 11) is 0. The van der Waals surface area contributed by atoms with Gasteiger partial charge in [0.25, 0.3) is 11.5 Å². The van der Waals surface area contributed by atoms with Crippen molar-refractivity contribution < 1.29 is 23.1 Å². The Hall–Kier alpha value is -3.56. The number of nitrogens with one attached hydrogen (secondary N) is 2. The fraction of sp³-hybridized carbons (Fsp3) is 0.167. The maximum absolute atomic E-state index is 12.6. The van der Waals surface area contributed by atoms with Crippen molar-refractivity contribution in [3.63, 3.8) is 0 Å². The first kappa shape index (κ1) is 19.2. The predicted molar refractivity (Wildman–Crippen MR) is 93.3 cm³/mol. The van der Waals surface area contributed by atoms with E-state index in [-0.39, 0.29) is 23.8 Å². The third-order valence-electron chi connectivity index (χ3n) is 3.94. The third kappa shape index (κ3) is 4.22. The number of pyridine rings is 1. The standard InChI is InChI=1S/C18H15F3N4O3/c19-18(20,21)12-5-6-15(23-10-12)25-16(27)9-13(24-25)17(28)22-8-7-11-3-1-2-4-14(11)26/h1-6,9-10,24,26H,7-8H2,(H,22,28). The van der Waals surface area contributed by atoms with Crippen molar-refractivity contribution in [2.45, 2.75) is 12.6 Å². The molecule has 0 atom stereocenters. The Morgan fingerprint density at radius 3 is 2.61 bits per heavy atom. The number of phenolic OH excluding ortho intramolecular Hbond substituents is 1. The molecule has 2 heterocycles. The molecule has 10 heteroatoms. The minimum Gasteiger partial charge on any atom is -0.508 e. The summed E-state index contributed by atoms with van der Waals surface area (Å²) in [6.45, 7) is 0.210. The number of aromatic nitrogens is 3. The molecule has 7 nitrogen and oxygen atoms in total. The fourth-order valence-corrected chi connectivity index (χ4v) is 2.50. The quantitative estimate of drug-likeness (QED) is 0.620. The van der Waals surface area contributed by atoms with Crippen LogP contribution >= 0.6 is 0 Å². The molecule has 146 valence electrons. The van der Waals surface area contributed by atoms with E-state index in [1.165, 1.54) is 6.07 Å². The lowest BCUT2D eigenvalue weighted by molar-refractivity contribution is -0.137. The zero-order chi connectivity index (χ0) is 20.3. The number of nitrogens with zero attached hydrogens (tertiary/aromatic N) is 2. The smallest absolute Gasteiger partial charge is 0.417 e. The monoisotopic (exact) mass is 392 g/mol. The molecule has 0 saturated carbocycles. The van der Waals surface area contributed by atoms with E-state index in [0.717, 1.165) is 22.9 Å². The molecule has 0 aliphatic rings. The lowest BCUT2D eigenvalue weighted by atomic mass is 10.1. The highest BCUT2D eigenvalue weighted by Gasteiger charge is 2.30. The molecule has 3 N–H and O–H groups in total. The molecule has 2 aromatic heterocycles. The van der Waals surface area contributed by atoms with E-state index >= 15 is 0 Å². The van der Waals surface area contributed by atoms with E-state index in [4.69, 9.17) is 0 Å². The molecule has 0 spiro atoms. The number of amides is 1. The molecule has 1 amide bonds. The van der Waals surface area contributed by atoms with E-state index in [9.17, 15) is 27.9 Å². The highest BCUT2D eigenvalue weighted by molar-refractivity contribution is 5.92. The summed E-state index contributed by atoms with van der Waals surface area (Å²) in [4.78, 5) is 27.8.